The van der Waals surface area contributed by atoms with E-state index in [0.29, 0.717) is 18.8 Å². The van der Waals surface area contributed by atoms with Crippen LogP contribution in [0.5, 0.6) is 17.2 Å². The Hall–Kier alpha value is -3.93. The van der Waals surface area contributed by atoms with E-state index in [2.05, 4.69) is 10.6 Å². The van der Waals surface area contributed by atoms with Crippen molar-refractivity contribution in [3.63, 3.8) is 0 Å². The van der Waals surface area contributed by atoms with Crippen LogP contribution in [0.3, 0.4) is 0 Å². The average molecular weight is 457 g/mol. The van der Waals surface area contributed by atoms with E-state index in [9.17, 15) is 9.90 Å². The van der Waals surface area contributed by atoms with Gasteiger partial charge in [-0.15, -0.1) is 0 Å². The highest BCUT2D eigenvalue weighted by Crippen LogP contribution is 2.45. The Bertz CT molecular complexity index is 1250. The number of para-hydroxylation sites is 2. The Morgan fingerprint density at radius 1 is 0.971 bits per heavy atom. The molecule has 3 aromatic carbocycles. The minimum atomic E-state index is -0.365. The van der Waals surface area contributed by atoms with Crippen LogP contribution in [-0.4, -0.2) is 24.6 Å². The number of methoxy groups -OCH3 is 1. The number of hydrogen-bond donors (Lipinski definition) is 3. The zero-order chi connectivity index (χ0) is 23.7. The molecule has 0 saturated carbocycles. The van der Waals surface area contributed by atoms with Gasteiger partial charge in [-0.25, -0.2) is 0 Å². The summed E-state index contributed by atoms with van der Waals surface area (Å²) in [6, 6.07) is 20.8. The highest BCUT2D eigenvalue weighted by molar-refractivity contribution is 6.01. The molecule has 3 N–H and O–H groups in total. The Morgan fingerprint density at radius 2 is 1.71 bits per heavy atom. The second-order valence-electron chi connectivity index (χ2n) is 8.60. The SMILES string of the molecule is CCOc1cc([C@H]2Nc3ccccc3NC3=C2C(=O)C[C@@H](c2ccc(OC)cc2)C3)ccc1O. The average Bonchev–Trinajstić information content (AvgIpc) is 3.02. The van der Waals surface area contributed by atoms with E-state index in [1.54, 1.807) is 13.2 Å². The number of carbonyl (C=O) groups excluding carboxylic acids is 1. The van der Waals surface area contributed by atoms with Crippen molar-refractivity contribution in [1.29, 1.82) is 0 Å². The molecular formula is C28H28N2O4. The van der Waals surface area contributed by atoms with Crippen molar-refractivity contribution < 1.29 is 19.4 Å². The van der Waals surface area contributed by atoms with Crippen LogP contribution in [0.2, 0.25) is 0 Å². The van der Waals surface area contributed by atoms with Crippen molar-refractivity contribution in [2.45, 2.75) is 31.7 Å². The smallest absolute Gasteiger partial charge is 0.163 e. The van der Waals surface area contributed by atoms with Gasteiger partial charge in [0.25, 0.3) is 0 Å². The Morgan fingerprint density at radius 3 is 2.44 bits per heavy atom. The number of Topliss-reactive ketones (excluding diaryl/α,β-unsaturated/α-hetero) is 1. The summed E-state index contributed by atoms with van der Waals surface area (Å²) in [5.74, 6) is 1.48. The molecule has 1 aliphatic carbocycles. The number of ether oxygens (including phenoxy) is 2. The largest absolute Gasteiger partial charge is 0.504 e. The molecule has 1 aliphatic heterocycles. The molecular weight excluding hydrogens is 428 g/mol. The first-order valence-corrected chi connectivity index (χ1v) is 11.6. The molecule has 0 unspecified atom stereocenters. The van der Waals surface area contributed by atoms with E-state index in [4.69, 9.17) is 9.47 Å². The summed E-state index contributed by atoms with van der Waals surface area (Å²) in [5.41, 5.74) is 5.49. The number of fused-ring (bicyclic) bond motifs is 1. The predicted octanol–water partition coefficient (Wildman–Crippen LogP) is 5.78. The van der Waals surface area contributed by atoms with E-state index in [-0.39, 0.29) is 23.5 Å². The van der Waals surface area contributed by atoms with Crippen LogP contribution >= 0.6 is 0 Å². The zero-order valence-corrected chi connectivity index (χ0v) is 19.3. The molecule has 0 amide bonds. The van der Waals surface area contributed by atoms with E-state index in [0.717, 1.165) is 45.9 Å². The fourth-order valence-electron chi connectivity index (χ4n) is 4.84. The number of phenols is 1. The lowest BCUT2D eigenvalue weighted by molar-refractivity contribution is -0.116. The van der Waals surface area contributed by atoms with Gasteiger partial charge in [0.1, 0.15) is 5.75 Å². The van der Waals surface area contributed by atoms with Gasteiger partial charge in [-0.05, 0) is 66.8 Å². The fraction of sp³-hybridized carbons (Fsp3) is 0.250. The van der Waals surface area contributed by atoms with Crippen molar-refractivity contribution in [3.8, 4) is 17.2 Å². The number of nitrogens with one attached hydrogen (secondary N) is 2. The maximum atomic E-state index is 13.7. The van der Waals surface area contributed by atoms with E-state index >= 15 is 0 Å². The molecule has 0 aromatic heterocycles. The standard InChI is InChI=1S/C28H28N2O4/c1-3-34-26-16-18(10-13-24(26)31)28-27-23(29-21-6-4-5-7-22(21)30-28)14-19(15-25(27)32)17-8-11-20(33-2)12-9-17/h4-13,16,19,28-31H,3,14-15H2,1-2H3/t19-,28+/m0/s1. The molecule has 1 heterocycles. The van der Waals surface area contributed by atoms with Crippen molar-refractivity contribution in [2.24, 2.45) is 0 Å². The van der Waals surface area contributed by atoms with Gasteiger partial charge in [0.05, 0.1) is 31.1 Å². The number of phenolic OH excluding ortho intramolecular Hbond substituents is 1. The Balaban J connectivity index is 1.58. The minimum Gasteiger partial charge on any atom is -0.504 e. The van der Waals surface area contributed by atoms with Gasteiger partial charge in [-0.1, -0.05) is 30.3 Å². The second kappa shape index (κ2) is 9.14. The first kappa shape index (κ1) is 21.9. The fourth-order valence-corrected chi connectivity index (χ4v) is 4.84. The molecule has 0 bridgehead atoms. The van der Waals surface area contributed by atoms with Gasteiger partial charge in [-0.3, -0.25) is 4.79 Å². The topological polar surface area (TPSA) is 79.8 Å². The minimum absolute atomic E-state index is 0.0781. The van der Waals surface area contributed by atoms with Crippen LogP contribution in [0, 0.1) is 0 Å². The molecule has 0 radical (unpaired) electrons. The van der Waals surface area contributed by atoms with Crippen molar-refractivity contribution in [3.05, 3.63) is 89.1 Å². The third kappa shape index (κ3) is 4.07. The molecule has 0 saturated heterocycles. The summed E-state index contributed by atoms with van der Waals surface area (Å²) in [7, 11) is 1.65. The van der Waals surface area contributed by atoms with Gasteiger partial charge in [0.2, 0.25) is 0 Å². The normalized spacial score (nSPS) is 19.3. The monoisotopic (exact) mass is 456 g/mol. The highest BCUT2D eigenvalue weighted by atomic mass is 16.5. The maximum absolute atomic E-state index is 13.7. The third-order valence-corrected chi connectivity index (χ3v) is 6.51. The van der Waals surface area contributed by atoms with E-state index < -0.39 is 0 Å². The van der Waals surface area contributed by atoms with Crippen molar-refractivity contribution in [2.75, 3.05) is 24.4 Å². The van der Waals surface area contributed by atoms with Crippen LogP contribution in [0.4, 0.5) is 11.4 Å². The summed E-state index contributed by atoms with van der Waals surface area (Å²) >= 11 is 0. The zero-order valence-electron chi connectivity index (χ0n) is 19.3. The van der Waals surface area contributed by atoms with Gasteiger partial charge in [-0.2, -0.15) is 0 Å². The van der Waals surface area contributed by atoms with Gasteiger partial charge >= 0.3 is 0 Å². The number of ketones is 1. The lowest BCUT2D eigenvalue weighted by Crippen LogP contribution is -2.26. The maximum Gasteiger partial charge on any atom is 0.163 e. The Labute approximate surface area is 199 Å². The van der Waals surface area contributed by atoms with Crippen LogP contribution in [-0.2, 0) is 4.79 Å². The Kier molecular flexibility index (Phi) is 5.88. The molecule has 6 heteroatoms. The third-order valence-electron chi connectivity index (χ3n) is 6.51. The van der Waals surface area contributed by atoms with Crippen LogP contribution in [0.15, 0.2) is 78.0 Å². The summed E-state index contributed by atoms with van der Waals surface area (Å²) < 4.78 is 10.9. The van der Waals surface area contributed by atoms with E-state index in [1.165, 1.54) is 0 Å². The summed E-state index contributed by atoms with van der Waals surface area (Å²) in [6.45, 7) is 2.32. The number of benzene rings is 3. The van der Waals surface area contributed by atoms with Crippen LogP contribution in [0.1, 0.15) is 42.9 Å². The van der Waals surface area contributed by atoms with Crippen LogP contribution < -0.4 is 20.1 Å². The number of carbonyl (C=O) groups is 1. The lowest BCUT2D eigenvalue weighted by Gasteiger charge is -2.30. The number of allylic oxidation sites excluding steroid dienone is 1. The first-order valence-electron chi connectivity index (χ1n) is 11.6. The van der Waals surface area contributed by atoms with Gasteiger partial charge in [0.15, 0.2) is 17.3 Å². The molecule has 2 aliphatic rings. The number of rotatable bonds is 5. The van der Waals surface area contributed by atoms with Crippen molar-refractivity contribution in [1.82, 2.24) is 0 Å². The molecule has 2 atom stereocenters. The first-order chi connectivity index (χ1) is 16.6. The van der Waals surface area contributed by atoms with Crippen LogP contribution in [0.25, 0.3) is 0 Å². The van der Waals surface area contributed by atoms with Gasteiger partial charge < -0.3 is 25.2 Å². The quantitative estimate of drug-likeness (QED) is 0.452. The molecule has 0 spiro atoms. The molecule has 34 heavy (non-hydrogen) atoms. The molecule has 0 fully saturated rings. The highest BCUT2D eigenvalue weighted by Gasteiger charge is 2.36. The second-order valence-corrected chi connectivity index (χ2v) is 8.60. The number of anilines is 2. The molecule has 5 rings (SSSR count). The van der Waals surface area contributed by atoms with E-state index in [1.807, 2.05) is 67.6 Å². The molecule has 174 valence electrons. The number of aromatic hydroxyl groups is 1. The van der Waals surface area contributed by atoms with Crippen molar-refractivity contribution >= 4 is 17.2 Å². The molecule has 6 nitrogen and oxygen atoms in total. The summed E-state index contributed by atoms with van der Waals surface area (Å²) in [6.07, 6.45) is 1.15. The summed E-state index contributed by atoms with van der Waals surface area (Å²) in [5, 5.41) is 17.3. The predicted molar refractivity (Wildman–Crippen MR) is 133 cm³/mol. The van der Waals surface area contributed by atoms with Gasteiger partial charge in [0, 0.05) is 17.7 Å². The number of hydrogen-bond acceptors (Lipinski definition) is 6. The summed E-state index contributed by atoms with van der Waals surface area (Å²) in [4.78, 5) is 13.7. The molecule has 3 aromatic rings. The lowest BCUT2D eigenvalue weighted by atomic mass is 9.78.